The van der Waals surface area contributed by atoms with E-state index in [1.165, 1.54) is 23.8 Å². The predicted octanol–water partition coefficient (Wildman–Crippen LogP) is 3.13. The maximum atomic E-state index is 12.8. The Kier molecular flexibility index (Phi) is 4.33. The summed E-state index contributed by atoms with van der Waals surface area (Å²) in [5, 5.41) is 9.61. The zero-order chi connectivity index (χ0) is 17.6. The Morgan fingerprint density at radius 2 is 2.04 bits per heavy atom. The Labute approximate surface area is 152 Å². The van der Waals surface area contributed by atoms with Gasteiger partial charge in [0.2, 0.25) is 11.8 Å². The Bertz CT molecular complexity index is 744. The lowest BCUT2D eigenvalue weighted by Crippen LogP contribution is -2.54. The minimum atomic E-state index is -0.189. The number of amides is 2. The average molecular weight is 357 g/mol. The summed E-state index contributed by atoms with van der Waals surface area (Å²) >= 11 is 1.85. The molecule has 2 aliphatic heterocycles. The number of hydrogen-bond acceptors (Lipinski definition) is 4. The van der Waals surface area contributed by atoms with Gasteiger partial charge >= 0.3 is 0 Å². The molecule has 3 aliphatic rings. The fraction of sp³-hybridized carbons (Fsp3) is 0.474. The maximum absolute atomic E-state index is 12.8. The number of anilines is 1. The first kappa shape index (κ1) is 16.7. The molecule has 0 radical (unpaired) electrons. The molecule has 4 atom stereocenters. The summed E-state index contributed by atoms with van der Waals surface area (Å²) in [5.41, 5.74) is 3.12. The molecule has 1 aromatic rings. The molecule has 132 valence electrons. The lowest BCUT2D eigenvalue weighted by molar-refractivity contribution is -0.127. The Morgan fingerprint density at radius 1 is 1.28 bits per heavy atom. The van der Waals surface area contributed by atoms with Crippen molar-refractivity contribution >= 4 is 29.3 Å². The van der Waals surface area contributed by atoms with Crippen LogP contribution in [-0.4, -0.2) is 17.2 Å². The van der Waals surface area contributed by atoms with Crippen molar-refractivity contribution in [2.45, 2.75) is 44.6 Å². The van der Waals surface area contributed by atoms with Gasteiger partial charge in [-0.2, -0.15) is 0 Å². The van der Waals surface area contributed by atoms with Crippen LogP contribution in [0, 0.1) is 11.8 Å². The number of fused-ring (bicyclic) bond motifs is 2. The lowest BCUT2D eigenvalue weighted by Gasteiger charge is -2.35. The Balaban J connectivity index is 1.49. The van der Waals surface area contributed by atoms with Gasteiger partial charge in [-0.3, -0.25) is 14.9 Å². The number of allylic oxidation sites excluding steroid dienone is 1. The van der Waals surface area contributed by atoms with Crippen LogP contribution in [-0.2, 0) is 9.59 Å². The zero-order valence-electron chi connectivity index (χ0n) is 14.5. The summed E-state index contributed by atoms with van der Waals surface area (Å²) in [6.07, 6.45) is 3.16. The summed E-state index contributed by atoms with van der Waals surface area (Å²) in [4.78, 5) is 25.3. The third-order valence-electron chi connectivity index (χ3n) is 5.21. The van der Waals surface area contributed by atoms with Crippen LogP contribution in [0.5, 0.6) is 0 Å². The van der Waals surface area contributed by atoms with Crippen molar-refractivity contribution < 1.29 is 9.59 Å². The van der Waals surface area contributed by atoms with Crippen molar-refractivity contribution in [3.8, 4) is 0 Å². The summed E-state index contributed by atoms with van der Waals surface area (Å²) in [7, 11) is 0. The molecule has 1 saturated heterocycles. The fourth-order valence-corrected chi connectivity index (χ4v) is 5.65. The molecule has 0 saturated carbocycles. The number of nitrogens with one attached hydrogen (secondary N) is 3. The SMILES string of the molecule is CC(=O)Nc1ccc(C2NC(=O)C3C4=C(CC(C)CC4)SC3N2)cc1. The van der Waals surface area contributed by atoms with E-state index in [1.807, 2.05) is 36.0 Å². The summed E-state index contributed by atoms with van der Waals surface area (Å²) < 4.78 is 0. The van der Waals surface area contributed by atoms with Crippen molar-refractivity contribution in [1.29, 1.82) is 0 Å². The molecule has 6 heteroatoms. The van der Waals surface area contributed by atoms with Gasteiger partial charge in [0.1, 0.15) is 6.17 Å². The highest BCUT2D eigenvalue weighted by Gasteiger charge is 2.45. The lowest BCUT2D eigenvalue weighted by atomic mass is 9.83. The molecule has 2 amide bonds. The van der Waals surface area contributed by atoms with Crippen LogP contribution < -0.4 is 16.0 Å². The van der Waals surface area contributed by atoms with Crippen molar-refractivity contribution in [2.75, 3.05) is 5.32 Å². The van der Waals surface area contributed by atoms with Gasteiger partial charge in [-0.05, 0) is 53.4 Å². The quantitative estimate of drug-likeness (QED) is 0.761. The highest BCUT2D eigenvalue weighted by atomic mass is 32.2. The Morgan fingerprint density at radius 3 is 2.76 bits per heavy atom. The van der Waals surface area contributed by atoms with Gasteiger partial charge < -0.3 is 10.6 Å². The van der Waals surface area contributed by atoms with E-state index >= 15 is 0 Å². The fourth-order valence-electron chi connectivity index (χ4n) is 3.95. The molecule has 1 aliphatic carbocycles. The topological polar surface area (TPSA) is 70.2 Å². The van der Waals surface area contributed by atoms with Crippen LogP contribution in [0.4, 0.5) is 5.69 Å². The van der Waals surface area contributed by atoms with Crippen LogP contribution in [0.25, 0.3) is 0 Å². The van der Waals surface area contributed by atoms with Gasteiger partial charge in [0.05, 0.1) is 11.3 Å². The van der Waals surface area contributed by atoms with Crippen molar-refractivity contribution in [1.82, 2.24) is 10.6 Å². The van der Waals surface area contributed by atoms with Gasteiger partial charge in [-0.15, -0.1) is 11.8 Å². The number of carbonyl (C=O) groups excluding carboxylic acids is 2. The van der Waals surface area contributed by atoms with Crippen LogP contribution in [0.1, 0.15) is 44.8 Å². The molecule has 5 nitrogen and oxygen atoms in total. The summed E-state index contributed by atoms with van der Waals surface area (Å²) in [5.74, 6) is 0.730. The third kappa shape index (κ3) is 3.20. The second-order valence-corrected chi connectivity index (χ2v) is 8.46. The van der Waals surface area contributed by atoms with E-state index in [9.17, 15) is 9.59 Å². The highest BCUT2D eigenvalue weighted by Crippen LogP contribution is 2.50. The second-order valence-electron chi connectivity index (χ2n) is 7.22. The number of hydrogen-bond donors (Lipinski definition) is 3. The van der Waals surface area contributed by atoms with E-state index < -0.39 is 0 Å². The van der Waals surface area contributed by atoms with Gasteiger partial charge in [0.15, 0.2) is 0 Å². The molecule has 1 fully saturated rings. The normalized spacial score (nSPS) is 31.2. The molecule has 0 spiro atoms. The van der Waals surface area contributed by atoms with Crippen LogP contribution in [0.2, 0.25) is 0 Å². The minimum absolute atomic E-state index is 0.0256. The first-order valence-corrected chi connectivity index (χ1v) is 9.72. The molecule has 4 rings (SSSR count). The molecule has 0 bridgehead atoms. The smallest absolute Gasteiger partial charge is 0.231 e. The third-order valence-corrected chi connectivity index (χ3v) is 6.59. The van der Waals surface area contributed by atoms with Gasteiger partial charge in [0.25, 0.3) is 0 Å². The van der Waals surface area contributed by atoms with Crippen LogP contribution in [0.3, 0.4) is 0 Å². The van der Waals surface area contributed by atoms with E-state index in [0.29, 0.717) is 5.92 Å². The average Bonchev–Trinajstić information content (AvgIpc) is 2.92. The highest BCUT2D eigenvalue weighted by molar-refractivity contribution is 8.04. The molecular formula is C19H23N3O2S. The number of benzene rings is 1. The van der Waals surface area contributed by atoms with Crippen molar-refractivity contribution in [3.63, 3.8) is 0 Å². The van der Waals surface area contributed by atoms with E-state index in [2.05, 4.69) is 22.9 Å². The first-order chi connectivity index (χ1) is 12.0. The van der Waals surface area contributed by atoms with E-state index in [-0.39, 0.29) is 29.3 Å². The van der Waals surface area contributed by atoms with Crippen LogP contribution in [0.15, 0.2) is 34.7 Å². The van der Waals surface area contributed by atoms with Crippen LogP contribution >= 0.6 is 11.8 Å². The second kappa shape index (κ2) is 6.50. The molecule has 2 heterocycles. The largest absolute Gasteiger partial charge is 0.336 e. The van der Waals surface area contributed by atoms with E-state index in [0.717, 1.165) is 24.1 Å². The minimum Gasteiger partial charge on any atom is -0.336 e. The number of rotatable bonds is 2. The molecule has 3 N–H and O–H groups in total. The molecule has 4 unspecified atom stereocenters. The number of carbonyl (C=O) groups is 2. The predicted molar refractivity (Wildman–Crippen MR) is 99.7 cm³/mol. The van der Waals surface area contributed by atoms with Crippen molar-refractivity contribution in [2.24, 2.45) is 11.8 Å². The Hall–Kier alpha value is -1.79. The zero-order valence-corrected chi connectivity index (χ0v) is 15.3. The van der Waals surface area contributed by atoms with Gasteiger partial charge in [-0.1, -0.05) is 19.1 Å². The molecule has 1 aromatic carbocycles. The first-order valence-electron chi connectivity index (χ1n) is 8.84. The molecular weight excluding hydrogens is 334 g/mol. The summed E-state index contributed by atoms with van der Waals surface area (Å²) in [6.45, 7) is 3.78. The molecule has 0 aromatic heterocycles. The van der Waals surface area contributed by atoms with Gasteiger partial charge in [0, 0.05) is 12.6 Å². The summed E-state index contributed by atoms with van der Waals surface area (Å²) in [6, 6.07) is 7.62. The van der Waals surface area contributed by atoms with Crippen molar-refractivity contribution in [3.05, 3.63) is 40.3 Å². The van der Waals surface area contributed by atoms with E-state index in [4.69, 9.17) is 0 Å². The van der Waals surface area contributed by atoms with Gasteiger partial charge in [-0.25, -0.2) is 0 Å². The molecule has 25 heavy (non-hydrogen) atoms. The monoisotopic (exact) mass is 357 g/mol. The number of thioether (sulfide) groups is 1. The maximum Gasteiger partial charge on any atom is 0.231 e. The van der Waals surface area contributed by atoms with E-state index in [1.54, 1.807) is 0 Å². The standard InChI is InChI=1S/C19H23N3O2S/c1-10-3-8-14-15(9-10)25-19-16(14)18(24)21-17(22-19)12-4-6-13(7-5-12)20-11(2)23/h4-7,10,16-17,19,22H,3,8-9H2,1-2H3,(H,20,23)(H,21,24).